The van der Waals surface area contributed by atoms with Gasteiger partial charge in [0.05, 0.1) is 29.9 Å². The van der Waals surface area contributed by atoms with E-state index in [2.05, 4.69) is 15.4 Å². The molecule has 2 aliphatic rings. The number of ether oxygens (including phenoxy) is 1. The van der Waals surface area contributed by atoms with Crippen molar-refractivity contribution in [2.45, 2.75) is 18.5 Å². The van der Waals surface area contributed by atoms with Crippen LogP contribution in [0.4, 0.5) is 5.69 Å². The Labute approximate surface area is 153 Å². The van der Waals surface area contributed by atoms with Crippen molar-refractivity contribution in [2.24, 2.45) is 0 Å². The molecule has 0 bridgehead atoms. The lowest BCUT2D eigenvalue weighted by Gasteiger charge is -2.24. The summed E-state index contributed by atoms with van der Waals surface area (Å²) in [5, 5.41) is 16.0. The molecule has 10 heteroatoms. The minimum atomic E-state index is -1.44. The highest BCUT2D eigenvalue weighted by molar-refractivity contribution is 6.31. The fourth-order valence-electron chi connectivity index (χ4n) is 3.14. The number of benzene rings is 1. The van der Waals surface area contributed by atoms with Crippen molar-refractivity contribution >= 4 is 41.0 Å². The van der Waals surface area contributed by atoms with Gasteiger partial charge in [0, 0.05) is 11.6 Å². The van der Waals surface area contributed by atoms with Crippen LogP contribution >= 0.6 is 11.6 Å². The van der Waals surface area contributed by atoms with E-state index in [4.69, 9.17) is 11.6 Å². The van der Waals surface area contributed by atoms with E-state index >= 15 is 0 Å². The van der Waals surface area contributed by atoms with Crippen LogP contribution in [0.2, 0.25) is 5.02 Å². The number of carbonyl (C=O) groups excluding carboxylic acids is 4. The number of nitrogens with one attached hydrogen (secondary N) is 2. The summed E-state index contributed by atoms with van der Waals surface area (Å²) in [5.41, 5.74) is 0.652. The van der Waals surface area contributed by atoms with Gasteiger partial charge in [0.25, 0.3) is 5.91 Å². The van der Waals surface area contributed by atoms with Crippen LogP contribution in [0, 0.1) is 0 Å². The average molecular weight is 381 g/mol. The minimum absolute atomic E-state index is 0.295. The Morgan fingerprint density at radius 3 is 2.85 bits per heavy atom. The van der Waals surface area contributed by atoms with Crippen molar-refractivity contribution in [2.75, 3.05) is 25.1 Å². The Kier molecular flexibility index (Phi) is 5.10. The predicted octanol–water partition coefficient (Wildman–Crippen LogP) is -1.24. The molecule has 0 radical (unpaired) electrons. The number of amides is 3. The fraction of sp³-hybridized carbons (Fsp3) is 0.375. The molecule has 2 aliphatic heterocycles. The maximum Gasteiger partial charge on any atom is 0.256 e. The number of carboxylic acids is 1. The van der Waals surface area contributed by atoms with Gasteiger partial charge in [-0.2, -0.15) is 0 Å². The molecule has 1 aromatic carbocycles. The Morgan fingerprint density at radius 1 is 1.35 bits per heavy atom. The number of fused-ring (bicyclic) bond motifs is 2. The van der Waals surface area contributed by atoms with E-state index in [1.807, 2.05) is 0 Å². The number of hydrogen-bond acceptors (Lipinski definition) is 6. The third-order valence-corrected chi connectivity index (χ3v) is 4.43. The summed E-state index contributed by atoms with van der Waals surface area (Å²) < 4.78 is 4.67. The number of halogens is 1. The molecule has 1 fully saturated rings. The summed E-state index contributed by atoms with van der Waals surface area (Å²) in [5.74, 6) is -2.78. The van der Waals surface area contributed by atoms with Crippen molar-refractivity contribution in [3.8, 4) is 0 Å². The van der Waals surface area contributed by atoms with Crippen molar-refractivity contribution in [3.63, 3.8) is 0 Å². The molecule has 3 rings (SSSR count). The molecule has 2 N–H and O–H groups in total. The SMILES string of the molecule is O=C([O-])COCC(=O)N[C@H]1CCN2C(=O)c3ccc(Cl)cc3NC(=O)[C@H]12. The molecule has 26 heavy (non-hydrogen) atoms. The number of aliphatic carboxylic acids is 1. The van der Waals surface area contributed by atoms with E-state index in [0.717, 1.165) is 0 Å². The van der Waals surface area contributed by atoms with Crippen LogP contribution in [-0.4, -0.2) is 60.4 Å². The van der Waals surface area contributed by atoms with E-state index in [1.165, 1.54) is 11.0 Å². The van der Waals surface area contributed by atoms with Gasteiger partial charge in [-0.3, -0.25) is 14.4 Å². The molecule has 0 aromatic heterocycles. The highest BCUT2D eigenvalue weighted by Crippen LogP contribution is 2.30. The molecule has 2 heterocycles. The summed E-state index contributed by atoms with van der Waals surface area (Å²) in [6, 6.07) is 3.12. The molecule has 0 unspecified atom stereocenters. The van der Waals surface area contributed by atoms with E-state index in [9.17, 15) is 24.3 Å². The molecule has 0 spiro atoms. The zero-order valence-electron chi connectivity index (χ0n) is 13.5. The fourth-order valence-corrected chi connectivity index (χ4v) is 3.31. The Morgan fingerprint density at radius 2 is 2.12 bits per heavy atom. The minimum Gasteiger partial charge on any atom is -0.548 e. The van der Waals surface area contributed by atoms with Gasteiger partial charge in [-0.05, 0) is 24.6 Å². The lowest BCUT2D eigenvalue weighted by Crippen LogP contribution is -2.52. The molecule has 9 nitrogen and oxygen atoms in total. The molecule has 3 amide bonds. The van der Waals surface area contributed by atoms with Gasteiger partial charge in [0.2, 0.25) is 11.8 Å². The Balaban J connectivity index is 1.73. The highest BCUT2D eigenvalue weighted by atomic mass is 35.5. The van der Waals surface area contributed by atoms with Crippen LogP contribution in [0.15, 0.2) is 18.2 Å². The normalized spacial score (nSPS) is 21.5. The van der Waals surface area contributed by atoms with E-state index in [-0.39, 0.29) is 5.91 Å². The van der Waals surface area contributed by atoms with Gasteiger partial charge >= 0.3 is 0 Å². The van der Waals surface area contributed by atoms with Crippen LogP contribution in [0.5, 0.6) is 0 Å². The first-order valence-electron chi connectivity index (χ1n) is 7.85. The number of anilines is 1. The van der Waals surface area contributed by atoms with E-state index < -0.39 is 43.1 Å². The molecule has 2 atom stereocenters. The molecular weight excluding hydrogens is 366 g/mol. The largest absolute Gasteiger partial charge is 0.548 e. The first kappa shape index (κ1) is 18.2. The molecule has 0 aliphatic carbocycles. The lowest BCUT2D eigenvalue weighted by molar-refractivity contribution is -0.309. The number of carboxylic acid groups (broad SMARTS) is 1. The molecule has 1 aromatic rings. The first-order chi connectivity index (χ1) is 12.4. The Hall–Kier alpha value is -2.65. The zero-order chi connectivity index (χ0) is 18.8. The smallest absolute Gasteiger partial charge is 0.256 e. The predicted molar refractivity (Wildman–Crippen MR) is 87.3 cm³/mol. The van der Waals surface area contributed by atoms with E-state index in [0.29, 0.717) is 29.2 Å². The molecule has 0 saturated carbocycles. The standard InChI is InChI=1S/C16H16ClN3O6/c17-8-1-2-9-11(5-8)19-15(24)14-10(3-4-20(14)16(9)25)18-12(21)6-26-7-13(22)23/h1-2,5,10,14H,3-4,6-7H2,(H,18,21)(H,19,24)(H,22,23)/p-1/t10-,14-/m0/s1. The number of nitrogens with zero attached hydrogens (tertiary/aromatic N) is 1. The van der Waals surface area contributed by atoms with Crippen molar-refractivity contribution < 1.29 is 29.0 Å². The summed E-state index contributed by atoms with van der Waals surface area (Å²) in [4.78, 5) is 48.9. The number of rotatable bonds is 5. The number of hydrogen-bond donors (Lipinski definition) is 2. The lowest BCUT2D eigenvalue weighted by atomic mass is 10.1. The third kappa shape index (κ3) is 3.63. The maximum absolute atomic E-state index is 12.7. The van der Waals surface area contributed by atoms with E-state index in [1.54, 1.807) is 12.1 Å². The summed E-state index contributed by atoms with van der Waals surface area (Å²) in [6.45, 7) is -0.894. The summed E-state index contributed by atoms with van der Waals surface area (Å²) in [6.07, 6.45) is 0.388. The van der Waals surface area contributed by atoms with Crippen LogP contribution in [0.3, 0.4) is 0 Å². The van der Waals surface area contributed by atoms with Gasteiger partial charge in [0.15, 0.2) is 0 Å². The van der Waals surface area contributed by atoms with Gasteiger partial charge in [-0.1, -0.05) is 11.6 Å². The average Bonchev–Trinajstić information content (AvgIpc) is 2.93. The van der Waals surface area contributed by atoms with Crippen molar-refractivity contribution in [1.82, 2.24) is 10.2 Å². The molecule has 138 valence electrons. The van der Waals surface area contributed by atoms with Gasteiger partial charge in [-0.15, -0.1) is 0 Å². The van der Waals surface area contributed by atoms with Crippen LogP contribution in [-0.2, 0) is 19.1 Å². The van der Waals surface area contributed by atoms with Crippen molar-refractivity contribution in [3.05, 3.63) is 28.8 Å². The number of carbonyl (C=O) groups is 4. The van der Waals surface area contributed by atoms with Crippen LogP contribution in [0.25, 0.3) is 0 Å². The van der Waals surface area contributed by atoms with Crippen molar-refractivity contribution in [1.29, 1.82) is 0 Å². The first-order valence-corrected chi connectivity index (χ1v) is 8.23. The second kappa shape index (κ2) is 7.30. The molecule has 1 saturated heterocycles. The van der Waals surface area contributed by atoms with Gasteiger partial charge in [-0.25, -0.2) is 0 Å². The van der Waals surface area contributed by atoms with Crippen LogP contribution < -0.4 is 15.7 Å². The topological polar surface area (TPSA) is 128 Å². The second-order valence-electron chi connectivity index (χ2n) is 5.95. The van der Waals surface area contributed by atoms with Gasteiger partial charge < -0.3 is 30.2 Å². The maximum atomic E-state index is 12.7. The Bertz CT molecular complexity index is 783. The quantitative estimate of drug-likeness (QED) is 0.657. The van der Waals surface area contributed by atoms with Crippen LogP contribution in [0.1, 0.15) is 16.8 Å². The second-order valence-corrected chi connectivity index (χ2v) is 6.39. The zero-order valence-corrected chi connectivity index (χ0v) is 14.2. The highest BCUT2D eigenvalue weighted by Gasteiger charge is 2.45. The monoisotopic (exact) mass is 380 g/mol. The molecular formula is C16H15ClN3O6-. The summed E-state index contributed by atoms with van der Waals surface area (Å²) >= 11 is 5.92. The summed E-state index contributed by atoms with van der Waals surface area (Å²) in [7, 11) is 0. The van der Waals surface area contributed by atoms with Gasteiger partial charge in [0.1, 0.15) is 12.6 Å². The third-order valence-electron chi connectivity index (χ3n) is 4.20.